The van der Waals surface area contributed by atoms with Gasteiger partial charge in [0.1, 0.15) is 6.04 Å². The first kappa shape index (κ1) is 16.9. The summed E-state index contributed by atoms with van der Waals surface area (Å²) < 4.78 is 6.48. The Morgan fingerprint density at radius 3 is 2.57 bits per heavy atom. The van der Waals surface area contributed by atoms with Crippen LogP contribution < -0.4 is 16.6 Å². The van der Waals surface area contributed by atoms with Crippen LogP contribution in [-0.4, -0.2) is 30.2 Å². The van der Waals surface area contributed by atoms with Crippen molar-refractivity contribution in [2.24, 2.45) is 5.73 Å². The van der Waals surface area contributed by atoms with Crippen molar-refractivity contribution in [3.05, 3.63) is 70.1 Å². The number of pyridine rings is 1. The summed E-state index contributed by atoms with van der Waals surface area (Å²) >= 11 is 0. The minimum atomic E-state index is -0.663. The highest BCUT2D eigenvalue weighted by molar-refractivity contribution is 5.81. The van der Waals surface area contributed by atoms with Gasteiger partial charge in [0.2, 0.25) is 5.91 Å². The van der Waals surface area contributed by atoms with Crippen molar-refractivity contribution in [2.45, 2.75) is 19.1 Å². The number of methoxy groups -OCH3 is 1. The van der Waals surface area contributed by atoms with E-state index in [1.165, 1.54) is 13.2 Å². The normalized spacial score (nSPS) is 11.9. The van der Waals surface area contributed by atoms with Crippen LogP contribution in [0.25, 0.3) is 0 Å². The molecule has 1 aromatic heterocycles. The predicted molar refractivity (Wildman–Crippen MR) is 87.9 cm³/mol. The Morgan fingerprint density at radius 2 is 1.91 bits per heavy atom. The van der Waals surface area contributed by atoms with Crippen LogP contribution in [0.3, 0.4) is 0 Å². The molecule has 1 aromatic carbocycles. The number of nitrogens with one attached hydrogen (secondary N) is 1. The second-order valence-corrected chi connectivity index (χ2v) is 5.26. The lowest BCUT2D eigenvalue weighted by Gasteiger charge is -2.11. The van der Waals surface area contributed by atoms with Gasteiger partial charge in [0.05, 0.1) is 13.2 Å². The van der Waals surface area contributed by atoms with Crippen LogP contribution in [0.4, 0.5) is 0 Å². The fourth-order valence-corrected chi connectivity index (χ4v) is 2.13. The molecule has 0 aliphatic heterocycles. The molecule has 2 rings (SSSR count). The van der Waals surface area contributed by atoms with E-state index in [-0.39, 0.29) is 18.1 Å². The van der Waals surface area contributed by atoms with Gasteiger partial charge in [-0.25, -0.2) is 0 Å². The maximum Gasteiger partial charge on any atom is 0.250 e. The third kappa shape index (κ3) is 5.05. The molecule has 0 aliphatic carbocycles. The molecule has 6 heteroatoms. The SMILES string of the molecule is COCC(N)C(=O)NCc1ccc(Cn2ccccc2=O)cc1. The summed E-state index contributed by atoms with van der Waals surface area (Å²) in [6.07, 6.45) is 1.76. The van der Waals surface area contributed by atoms with Crippen LogP contribution in [0.5, 0.6) is 0 Å². The van der Waals surface area contributed by atoms with Gasteiger partial charge in [0.15, 0.2) is 0 Å². The number of carbonyl (C=O) groups is 1. The zero-order valence-corrected chi connectivity index (χ0v) is 13.1. The smallest absolute Gasteiger partial charge is 0.250 e. The van der Waals surface area contributed by atoms with Crippen LogP contribution in [-0.2, 0) is 22.6 Å². The van der Waals surface area contributed by atoms with Crippen molar-refractivity contribution in [3.8, 4) is 0 Å². The Bertz CT molecular complexity index is 695. The molecule has 1 amide bonds. The van der Waals surface area contributed by atoms with Crippen LogP contribution >= 0.6 is 0 Å². The molecule has 1 atom stereocenters. The van der Waals surface area contributed by atoms with E-state index >= 15 is 0 Å². The molecular formula is C17H21N3O3. The van der Waals surface area contributed by atoms with E-state index in [1.807, 2.05) is 30.3 Å². The monoisotopic (exact) mass is 315 g/mol. The summed E-state index contributed by atoms with van der Waals surface area (Å²) in [6.45, 7) is 1.11. The van der Waals surface area contributed by atoms with Crippen LogP contribution in [0, 0.1) is 0 Å². The Morgan fingerprint density at radius 1 is 1.22 bits per heavy atom. The summed E-state index contributed by atoms with van der Waals surface area (Å²) in [5, 5.41) is 2.76. The quantitative estimate of drug-likeness (QED) is 0.778. The maximum absolute atomic E-state index is 11.7. The highest BCUT2D eigenvalue weighted by Gasteiger charge is 2.12. The minimum Gasteiger partial charge on any atom is -0.383 e. The number of rotatable bonds is 7. The number of aromatic nitrogens is 1. The summed E-state index contributed by atoms with van der Waals surface area (Å²) in [4.78, 5) is 23.4. The van der Waals surface area contributed by atoms with E-state index in [4.69, 9.17) is 10.5 Å². The van der Waals surface area contributed by atoms with E-state index in [1.54, 1.807) is 16.8 Å². The molecule has 1 unspecified atom stereocenters. The third-order valence-electron chi connectivity index (χ3n) is 3.42. The summed E-state index contributed by atoms with van der Waals surface area (Å²) in [6, 6.07) is 12.1. The Kier molecular flexibility index (Phi) is 6.08. The van der Waals surface area contributed by atoms with Crippen molar-refractivity contribution < 1.29 is 9.53 Å². The number of benzene rings is 1. The van der Waals surface area contributed by atoms with Gasteiger partial charge in [0, 0.05) is 25.9 Å². The first-order valence-corrected chi connectivity index (χ1v) is 7.35. The second kappa shape index (κ2) is 8.26. The van der Waals surface area contributed by atoms with Gasteiger partial charge in [-0.05, 0) is 17.2 Å². The molecule has 0 fully saturated rings. The molecule has 3 N–H and O–H groups in total. The highest BCUT2D eigenvalue weighted by Crippen LogP contribution is 2.05. The largest absolute Gasteiger partial charge is 0.383 e. The lowest BCUT2D eigenvalue weighted by Crippen LogP contribution is -2.43. The standard InChI is InChI=1S/C17H21N3O3/c1-23-12-15(18)17(22)19-10-13-5-7-14(8-6-13)11-20-9-3-2-4-16(20)21/h2-9,15H,10-12,18H2,1H3,(H,19,22). The summed E-state index contributed by atoms with van der Waals surface area (Å²) in [5.41, 5.74) is 7.60. The number of hydrogen-bond acceptors (Lipinski definition) is 4. The molecule has 122 valence electrons. The van der Waals surface area contributed by atoms with E-state index in [0.29, 0.717) is 13.1 Å². The predicted octanol–water partition coefficient (Wildman–Crippen LogP) is 0.487. The molecule has 0 saturated carbocycles. The first-order valence-electron chi connectivity index (χ1n) is 7.35. The average molecular weight is 315 g/mol. The summed E-state index contributed by atoms with van der Waals surface area (Å²) in [5.74, 6) is -0.244. The van der Waals surface area contributed by atoms with Gasteiger partial charge in [-0.2, -0.15) is 0 Å². The van der Waals surface area contributed by atoms with Gasteiger partial charge in [-0.1, -0.05) is 30.3 Å². The molecule has 0 spiro atoms. The molecule has 0 aliphatic rings. The molecule has 23 heavy (non-hydrogen) atoms. The summed E-state index contributed by atoms with van der Waals surface area (Å²) in [7, 11) is 1.50. The molecule has 0 bridgehead atoms. The number of hydrogen-bond donors (Lipinski definition) is 2. The number of nitrogens with two attached hydrogens (primary N) is 1. The second-order valence-electron chi connectivity index (χ2n) is 5.26. The minimum absolute atomic E-state index is 0.0315. The van der Waals surface area contributed by atoms with E-state index in [9.17, 15) is 9.59 Å². The molecule has 1 heterocycles. The molecule has 2 aromatic rings. The van der Waals surface area contributed by atoms with E-state index in [2.05, 4.69) is 5.32 Å². The fourth-order valence-electron chi connectivity index (χ4n) is 2.13. The van der Waals surface area contributed by atoms with Crippen molar-refractivity contribution in [1.29, 1.82) is 0 Å². The Labute approximate surface area is 134 Å². The van der Waals surface area contributed by atoms with Crippen molar-refractivity contribution in [1.82, 2.24) is 9.88 Å². The molecule has 0 radical (unpaired) electrons. The van der Waals surface area contributed by atoms with Crippen molar-refractivity contribution >= 4 is 5.91 Å². The zero-order valence-electron chi connectivity index (χ0n) is 13.1. The zero-order chi connectivity index (χ0) is 16.7. The van der Waals surface area contributed by atoms with Crippen LogP contribution in [0.1, 0.15) is 11.1 Å². The average Bonchev–Trinajstić information content (AvgIpc) is 2.56. The molecule has 0 saturated heterocycles. The topological polar surface area (TPSA) is 86.3 Å². The lowest BCUT2D eigenvalue weighted by molar-refractivity contribution is -0.123. The van der Waals surface area contributed by atoms with Gasteiger partial charge in [-0.3, -0.25) is 9.59 Å². The molecular weight excluding hydrogens is 294 g/mol. The van der Waals surface area contributed by atoms with E-state index in [0.717, 1.165) is 11.1 Å². The van der Waals surface area contributed by atoms with Crippen molar-refractivity contribution in [3.63, 3.8) is 0 Å². The maximum atomic E-state index is 11.7. The number of carbonyl (C=O) groups excluding carboxylic acids is 1. The van der Waals surface area contributed by atoms with Gasteiger partial charge < -0.3 is 20.4 Å². The number of amides is 1. The highest BCUT2D eigenvalue weighted by atomic mass is 16.5. The van der Waals surface area contributed by atoms with Gasteiger partial charge >= 0.3 is 0 Å². The van der Waals surface area contributed by atoms with E-state index < -0.39 is 6.04 Å². The van der Waals surface area contributed by atoms with Gasteiger partial charge in [0.25, 0.3) is 5.56 Å². The van der Waals surface area contributed by atoms with Crippen LogP contribution in [0.15, 0.2) is 53.5 Å². The van der Waals surface area contributed by atoms with Crippen molar-refractivity contribution in [2.75, 3.05) is 13.7 Å². The third-order valence-corrected chi connectivity index (χ3v) is 3.42. The Hall–Kier alpha value is -2.44. The molecule has 6 nitrogen and oxygen atoms in total. The van der Waals surface area contributed by atoms with Gasteiger partial charge in [-0.15, -0.1) is 0 Å². The number of nitrogens with zero attached hydrogens (tertiary/aromatic N) is 1. The van der Waals surface area contributed by atoms with Crippen LogP contribution in [0.2, 0.25) is 0 Å². The fraction of sp³-hybridized carbons (Fsp3) is 0.294. The lowest BCUT2D eigenvalue weighted by atomic mass is 10.1. The first-order chi connectivity index (χ1) is 11.1. The number of ether oxygens (including phenoxy) is 1. The Balaban J connectivity index is 1.91.